The maximum Gasteiger partial charge on any atom is 0.339 e. The van der Waals surface area contributed by atoms with Gasteiger partial charge in [-0.2, -0.15) is 0 Å². The Hall–Kier alpha value is -3.11. The average Bonchev–Trinajstić information content (AvgIpc) is 2.83. The molecular weight excluding hydrogens is 340 g/mol. The van der Waals surface area contributed by atoms with Crippen molar-refractivity contribution in [2.24, 2.45) is 0 Å². The number of hydrogen-bond acceptors (Lipinski definition) is 9. The number of aromatic hydroxyl groups is 2. The number of aliphatic carboxylic acids is 1. The van der Waals surface area contributed by atoms with Gasteiger partial charge in [0, 0.05) is 6.08 Å². The molecule has 0 bridgehead atoms. The number of carboxylic acid groups (broad SMARTS) is 1. The smallest absolute Gasteiger partial charge is 0.339 e. The average molecular weight is 354 g/mol. The summed E-state index contributed by atoms with van der Waals surface area (Å²) >= 11 is 0. The van der Waals surface area contributed by atoms with Gasteiger partial charge in [-0.25, -0.2) is 14.4 Å². The summed E-state index contributed by atoms with van der Waals surface area (Å²) in [4.78, 5) is 33.9. The summed E-state index contributed by atoms with van der Waals surface area (Å²) in [7, 11) is 0. The molecule has 0 aromatic heterocycles. The number of aliphatic hydroxyl groups excluding tert-OH is 2. The molecule has 0 unspecified atom stereocenters. The number of phenols is 2. The molecule has 10 heteroatoms. The molecule has 1 aromatic rings. The van der Waals surface area contributed by atoms with E-state index in [0.29, 0.717) is 5.56 Å². The molecule has 0 radical (unpaired) electrons. The second kappa shape index (κ2) is 7.20. The Morgan fingerprint density at radius 3 is 2.52 bits per heavy atom. The van der Waals surface area contributed by atoms with Crippen LogP contribution in [0.25, 0.3) is 6.08 Å². The van der Waals surface area contributed by atoms with Crippen LogP contribution in [-0.4, -0.2) is 67.9 Å². The third-order valence-electron chi connectivity index (χ3n) is 3.36. The van der Waals surface area contributed by atoms with Crippen molar-refractivity contribution >= 4 is 24.0 Å². The van der Waals surface area contributed by atoms with Crippen molar-refractivity contribution in [1.29, 1.82) is 0 Å². The SMILES string of the molecule is O=C(/C=C/c1ccc(O)c(O)c1)O[C@H]1[C@@H]([C@H](O)C(=O)O)OC(=O)[C@@H]1O. The van der Waals surface area contributed by atoms with Crippen molar-refractivity contribution < 1.29 is 49.4 Å². The largest absolute Gasteiger partial charge is 0.504 e. The van der Waals surface area contributed by atoms with Crippen LogP contribution in [-0.2, 0) is 23.9 Å². The molecule has 1 aliphatic heterocycles. The summed E-state index contributed by atoms with van der Waals surface area (Å²) in [6, 6.07) is 3.73. The first-order valence-corrected chi connectivity index (χ1v) is 6.91. The molecule has 25 heavy (non-hydrogen) atoms. The van der Waals surface area contributed by atoms with E-state index in [1.807, 2.05) is 0 Å². The van der Waals surface area contributed by atoms with Crippen LogP contribution in [0.4, 0.5) is 0 Å². The Labute approximate surface area is 140 Å². The number of rotatable bonds is 5. The zero-order valence-corrected chi connectivity index (χ0v) is 12.5. The molecule has 0 saturated carbocycles. The van der Waals surface area contributed by atoms with Gasteiger partial charge >= 0.3 is 17.9 Å². The Morgan fingerprint density at radius 2 is 1.92 bits per heavy atom. The van der Waals surface area contributed by atoms with Crippen LogP contribution in [0.1, 0.15) is 5.56 Å². The monoisotopic (exact) mass is 354 g/mol. The van der Waals surface area contributed by atoms with Crippen molar-refractivity contribution in [3.8, 4) is 11.5 Å². The molecule has 2 rings (SSSR count). The van der Waals surface area contributed by atoms with Gasteiger partial charge in [0.25, 0.3) is 0 Å². The highest BCUT2D eigenvalue weighted by atomic mass is 16.6. The Kier molecular flexibility index (Phi) is 5.25. The highest BCUT2D eigenvalue weighted by molar-refractivity contribution is 5.88. The lowest BCUT2D eigenvalue weighted by Crippen LogP contribution is -2.45. The highest BCUT2D eigenvalue weighted by Gasteiger charge is 2.51. The topological polar surface area (TPSA) is 171 Å². The van der Waals surface area contributed by atoms with Crippen molar-refractivity contribution in [3.63, 3.8) is 0 Å². The number of carboxylic acids is 1. The number of benzene rings is 1. The van der Waals surface area contributed by atoms with Gasteiger partial charge in [0.1, 0.15) is 0 Å². The molecule has 1 aromatic carbocycles. The third kappa shape index (κ3) is 4.05. The molecule has 0 aliphatic carbocycles. The second-order valence-electron chi connectivity index (χ2n) is 5.11. The van der Waals surface area contributed by atoms with E-state index >= 15 is 0 Å². The molecule has 4 atom stereocenters. The molecule has 0 spiro atoms. The minimum Gasteiger partial charge on any atom is -0.504 e. The van der Waals surface area contributed by atoms with Crippen molar-refractivity contribution in [3.05, 3.63) is 29.8 Å². The molecular formula is C15H14O10. The number of aliphatic hydroxyl groups is 2. The second-order valence-corrected chi connectivity index (χ2v) is 5.11. The Balaban J connectivity index is 2.09. The van der Waals surface area contributed by atoms with Gasteiger partial charge < -0.3 is 35.0 Å². The molecule has 1 saturated heterocycles. The third-order valence-corrected chi connectivity index (χ3v) is 3.36. The van der Waals surface area contributed by atoms with Gasteiger partial charge in [-0.15, -0.1) is 0 Å². The summed E-state index contributed by atoms with van der Waals surface area (Å²) in [5, 5.41) is 46.3. The van der Waals surface area contributed by atoms with E-state index in [1.54, 1.807) is 0 Å². The fraction of sp³-hybridized carbons (Fsp3) is 0.267. The lowest BCUT2D eigenvalue weighted by molar-refractivity contribution is -0.167. The van der Waals surface area contributed by atoms with E-state index in [-0.39, 0.29) is 5.75 Å². The van der Waals surface area contributed by atoms with Gasteiger partial charge in [-0.3, -0.25) is 0 Å². The predicted molar refractivity (Wildman–Crippen MR) is 78.2 cm³/mol. The van der Waals surface area contributed by atoms with Crippen LogP contribution in [0, 0.1) is 0 Å². The first-order valence-electron chi connectivity index (χ1n) is 6.91. The Bertz CT molecular complexity index is 725. The number of carbonyl (C=O) groups excluding carboxylic acids is 2. The van der Waals surface area contributed by atoms with E-state index < -0.39 is 48.1 Å². The molecule has 134 valence electrons. The summed E-state index contributed by atoms with van der Waals surface area (Å²) in [6.45, 7) is 0. The molecule has 1 fully saturated rings. The lowest BCUT2D eigenvalue weighted by Gasteiger charge is -2.20. The molecule has 1 heterocycles. The van der Waals surface area contributed by atoms with Crippen LogP contribution >= 0.6 is 0 Å². The standard InChI is InChI=1S/C15H14O10/c16-7-3-1-6(5-8(7)17)2-4-9(18)24-13-11(20)15(23)25-12(13)10(19)14(21)22/h1-5,10-13,16-17,19-20H,(H,21,22)/b4-2+/t10-,11+,12+,13+/m0/s1. The van der Waals surface area contributed by atoms with Crippen LogP contribution in [0.3, 0.4) is 0 Å². The number of hydrogen-bond donors (Lipinski definition) is 5. The summed E-state index contributed by atoms with van der Waals surface area (Å²) in [5.74, 6) is -4.77. The van der Waals surface area contributed by atoms with E-state index in [9.17, 15) is 34.8 Å². The Morgan fingerprint density at radius 1 is 1.24 bits per heavy atom. The van der Waals surface area contributed by atoms with Gasteiger partial charge in [0.2, 0.25) is 0 Å². The van der Waals surface area contributed by atoms with Crippen LogP contribution in [0.2, 0.25) is 0 Å². The van der Waals surface area contributed by atoms with Crippen LogP contribution in [0.15, 0.2) is 24.3 Å². The van der Waals surface area contributed by atoms with E-state index in [2.05, 4.69) is 4.74 Å². The van der Waals surface area contributed by atoms with Gasteiger partial charge in [0.15, 0.2) is 35.9 Å². The van der Waals surface area contributed by atoms with Gasteiger partial charge in [-0.05, 0) is 23.8 Å². The maximum absolute atomic E-state index is 11.8. The normalized spacial score (nSPS) is 24.1. The quantitative estimate of drug-likeness (QED) is 0.244. The molecule has 0 amide bonds. The fourth-order valence-corrected chi connectivity index (χ4v) is 2.08. The number of cyclic esters (lactones) is 1. The zero-order valence-electron chi connectivity index (χ0n) is 12.5. The summed E-state index contributed by atoms with van der Waals surface area (Å²) < 4.78 is 9.32. The minimum absolute atomic E-state index is 0.327. The maximum atomic E-state index is 11.8. The van der Waals surface area contributed by atoms with Crippen LogP contribution < -0.4 is 0 Å². The van der Waals surface area contributed by atoms with Crippen molar-refractivity contribution in [2.45, 2.75) is 24.4 Å². The van der Waals surface area contributed by atoms with E-state index in [0.717, 1.165) is 12.1 Å². The fourth-order valence-electron chi connectivity index (χ4n) is 2.08. The van der Waals surface area contributed by atoms with Crippen LogP contribution in [0.5, 0.6) is 11.5 Å². The number of carbonyl (C=O) groups is 3. The first kappa shape index (κ1) is 18.2. The molecule has 10 nitrogen and oxygen atoms in total. The predicted octanol–water partition coefficient (Wildman–Crippen LogP) is -1.25. The van der Waals surface area contributed by atoms with Crippen molar-refractivity contribution in [1.82, 2.24) is 0 Å². The number of ether oxygens (including phenoxy) is 2. The summed E-state index contributed by atoms with van der Waals surface area (Å²) in [5.41, 5.74) is 0.327. The number of phenolic OH excluding ortho intramolecular Hbond substituents is 2. The van der Waals surface area contributed by atoms with E-state index in [4.69, 9.17) is 9.84 Å². The van der Waals surface area contributed by atoms with Crippen molar-refractivity contribution in [2.75, 3.05) is 0 Å². The number of esters is 2. The lowest BCUT2D eigenvalue weighted by atomic mass is 10.1. The van der Waals surface area contributed by atoms with Gasteiger partial charge in [-0.1, -0.05) is 6.07 Å². The summed E-state index contributed by atoms with van der Waals surface area (Å²) in [6.07, 6.45) is -5.50. The molecule has 5 N–H and O–H groups in total. The molecule has 1 aliphatic rings. The van der Waals surface area contributed by atoms with Gasteiger partial charge in [0.05, 0.1) is 0 Å². The highest BCUT2D eigenvalue weighted by Crippen LogP contribution is 2.26. The van der Waals surface area contributed by atoms with E-state index in [1.165, 1.54) is 18.2 Å². The first-order chi connectivity index (χ1) is 11.7. The minimum atomic E-state index is -2.18. The zero-order chi connectivity index (χ0) is 18.7.